The van der Waals surface area contributed by atoms with Crippen LogP contribution in [-0.2, 0) is 13.0 Å². The highest BCUT2D eigenvalue weighted by atomic mass is 32.1. The summed E-state index contributed by atoms with van der Waals surface area (Å²) in [6.45, 7) is 6.89. The van der Waals surface area contributed by atoms with E-state index in [4.69, 9.17) is 0 Å². The zero-order valence-electron chi connectivity index (χ0n) is 10.9. The summed E-state index contributed by atoms with van der Waals surface area (Å²) in [7, 11) is 1.97. The fourth-order valence-electron chi connectivity index (χ4n) is 2.56. The fourth-order valence-corrected chi connectivity index (χ4v) is 3.47. The van der Waals surface area contributed by atoms with Crippen LogP contribution in [0, 0.1) is 5.92 Å². The van der Waals surface area contributed by atoms with Crippen molar-refractivity contribution >= 4 is 11.3 Å². The monoisotopic (exact) mass is 253 g/mol. The van der Waals surface area contributed by atoms with Crippen molar-refractivity contribution in [3.8, 4) is 0 Å². The Morgan fingerprint density at radius 3 is 3.24 bits per heavy atom. The van der Waals surface area contributed by atoms with Gasteiger partial charge in [-0.15, -0.1) is 11.3 Å². The molecule has 4 heteroatoms. The van der Waals surface area contributed by atoms with Crippen LogP contribution in [0.3, 0.4) is 0 Å². The van der Waals surface area contributed by atoms with Gasteiger partial charge < -0.3 is 10.2 Å². The molecule has 1 aromatic rings. The Hall–Kier alpha value is -0.450. The standard InChI is InChI=1S/C13H23N3S/c1-3-16-6-4-5-11(9-16)7-13-15-12(8-14-2)10-17-13/h10-11,14H,3-9H2,1-2H3. The minimum atomic E-state index is 0.817. The van der Waals surface area contributed by atoms with Crippen LogP contribution in [0.1, 0.15) is 30.5 Å². The Morgan fingerprint density at radius 1 is 1.59 bits per heavy atom. The van der Waals surface area contributed by atoms with E-state index in [0.717, 1.165) is 12.5 Å². The first-order valence-electron chi connectivity index (χ1n) is 6.62. The van der Waals surface area contributed by atoms with Crippen molar-refractivity contribution in [1.82, 2.24) is 15.2 Å². The molecule has 96 valence electrons. The van der Waals surface area contributed by atoms with Gasteiger partial charge in [0.2, 0.25) is 0 Å². The lowest BCUT2D eigenvalue weighted by Gasteiger charge is -2.31. The molecule has 0 aromatic carbocycles. The second-order valence-electron chi connectivity index (χ2n) is 4.87. The number of rotatable bonds is 5. The number of thiazole rings is 1. The van der Waals surface area contributed by atoms with Crippen molar-refractivity contribution in [2.75, 3.05) is 26.7 Å². The number of nitrogens with zero attached hydrogens (tertiary/aromatic N) is 2. The summed E-state index contributed by atoms with van der Waals surface area (Å²) in [5.74, 6) is 0.817. The largest absolute Gasteiger partial charge is 0.314 e. The summed E-state index contributed by atoms with van der Waals surface area (Å²) < 4.78 is 0. The van der Waals surface area contributed by atoms with E-state index in [0.29, 0.717) is 0 Å². The molecule has 1 unspecified atom stereocenters. The number of piperidine rings is 1. The zero-order valence-corrected chi connectivity index (χ0v) is 11.7. The summed E-state index contributed by atoms with van der Waals surface area (Å²) in [6, 6.07) is 0. The van der Waals surface area contributed by atoms with E-state index in [1.165, 1.54) is 49.6 Å². The van der Waals surface area contributed by atoms with Gasteiger partial charge in [-0.1, -0.05) is 6.92 Å². The molecular weight excluding hydrogens is 230 g/mol. The highest BCUT2D eigenvalue weighted by Crippen LogP contribution is 2.22. The molecular formula is C13H23N3S. The molecule has 17 heavy (non-hydrogen) atoms. The number of nitrogens with one attached hydrogen (secondary N) is 1. The fraction of sp³-hybridized carbons (Fsp3) is 0.769. The van der Waals surface area contributed by atoms with Crippen molar-refractivity contribution in [1.29, 1.82) is 0 Å². The van der Waals surface area contributed by atoms with E-state index in [1.807, 2.05) is 18.4 Å². The number of likely N-dealkylation sites (tertiary alicyclic amines) is 1. The van der Waals surface area contributed by atoms with Gasteiger partial charge in [-0.05, 0) is 38.9 Å². The Bertz CT molecular complexity index is 337. The Kier molecular flexibility index (Phi) is 4.95. The second kappa shape index (κ2) is 6.47. The first kappa shape index (κ1) is 13.0. The molecule has 0 radical (unpaired) electrons. The predicted octanol–water partition coefficient (Wildman–Crippen LogP) is 2.14. The summed E-state index contributed by atoms with van der Waals surface area (Å²) in [4.78, 5) is 7.25. The third-order valence-electron chi connectivity index (χ3n) is 3.47. The average Bonchev–Trinajstić information content (AvgIpc) is 2.77. The molecule has 1 aliphatic rings. The summed E-state index contributed by atoms with van der Waals surface area (Å²) in [5, 5.41) is 6.66. The minimum Gasteiger partial charge on any atom is -0.314 e. The molecule has 0 bridgehead atoms. The first-order chi connectivity index (χ1) is 8.31. The quantitative estimate of drug-likeness (QED) is 0.871. The molecule has 1 atom stereocenters. The van der Waals surface area contributed by atoms with Crippen molar-refractivity contribution < 1.29 is 0 Å². The van der Waals surface area contributed by atoms with Crippen LogP contribution in [0.15, 0.2) is 5.38 Å². The highest BCUT2D eigenvalue weighted by Gasteiger charge is 2.19. The predicted molar refractivity (Wildman–Crippen MR) is 73.4 cm³/mol. The van der Waals surface area contributed by atoms with Crippen LogP contribution < -0.4 is 5.32 Å². The smallest absolute Gasteiger partial charge is 0.0932 e. The SMILES string of the molecule is CCN1CCCC(Cc2nc(CNC)cs2)C1. The third kappa shape index (κ3) is 3.76. The lowest BCUT2D eigenvalue weighted by molar-refractivity contribution is 0.182. The molecule has 1 aliphatic heterocycles. The third-order valence-corrected chi connectivity index (χ3v) is 4.39. The Morgan fingerprint density at radius 2 is 2.47 bits per heavy atom. The number of hydrogen-bond donors (Lipinski definition) is 1. The van der Waals surface area contributed by atoms with Crippen LogP contribution in [0.25, 0.3) is 0 Å². The van der Waals surface area contributed by atoms with Gasteiger partial charge in [0, 0.05) is 24.9 Å². The van der Waals surface area contributed by atoms with Gasteiger partial charge in [-0.2, -0.15) is 0 Å². The van der Waals surface area contributed by atoms with Crippen LogP contribution in [0.4, 0.5) is 0 Å². The first-order valence-corrected chi connectivity index (χ1v) is 7.50. The topological polar surface area (TPSA) is 28.2 Å². The molecule has 3 nitrogen and oxygen atoms in total. The summed E-state index contributed by atoms with van der Waals surface area (Å²) >= 11 is 1.82. The summed E-state index contributed by atoms with van der Waals surface area (Å²) in [5.41, 5.74) is 1.19. The number of aromatic nitrogens is 1. The van der Waals surface area contributed by atoms with Gasteiger partial charge in [-0.3, -0.25) is 0 Å². The van der Waals surface area contributed by atoms with E-state index in [-0.39, 0.29) is 0 Å². The molecule has 1 N–H and O–H groups in total. The van der Waals surface area contributed by atoms with Gasteiger partial charge in [0.1, 0.15) is 0 Å². The van der Waals surface area contributed by atoms with E-state index in [2.05, 4.69) is 27.5 Å². The van der Waals surface area contributed by atoms with Crippen LogP contribution in [0.5, 0.6) is 0 Å². The van der Waals surface area contributed by atoms with Crippen molar-refractivity contribution in [2.24, 2.45) is 5.92 Å². The Labute approximate surface area is 108 Å². The average molecular weight is 253 g/mol. The molecule has 0 spiro atoms. The van der Waals surface area contributed by atoms with Gasteiger partial charge in [0.25, 0.3) is 0 Å². The van der Waals surface area contributed by atoms with E-state index in [1.54, 1.807) is 0 Å². The van der Waals surface area contributed by atoms with Crippen LogP contribution in [0.2, 0.25) is 0 Å². The molecule has 1 aromatic heterocycles. The Balaban J connectivity index is 1.86. The maximum atomic E-state index is 4.68. The normalized spacial score (nSPS) is 21.9. The van der Waals surface area contributed by atoms with Crippen molar-refractivity contribution in [3.63, 3.8) is 0 Å². The van der Waals surface area contributed by atoms with Crippen molar-refractivity contribution in [3.05, 3.63) is 16.1 Å². The number of hydrogen-bond acceptors (Lipinski definition) is 4. The molecule has 2 rings (SSSR count). The summed E-state index contributed by atoms with van der Waals surface area (Å²) in [6.07, 6.45) is 3.90. The van der Waals surface area contributed by atoms with Gasteiger partial charge in [0.05, 0.1) is 10.7 Å². The molecule has 0 saturated carbocycles. The second-order valence-corrected chi connectivity index (χ2v) is 5.81. The maximum absolute atomic E-state index is 4.68. The molecule has 1 saturated heterocycles. The van der Waals surface area contributed by atoms with Gasteiger partial charge >= 0.3 is 0 Å². The zero-order chi connectivity index (χ0) is 12.1. The van der Waals surface area contributed by atoms with E-state index in [9.17, 15) is 0 Å². The van der Waals surface area contributed by atoms with Crippen LogP contribution in [-0.4, -0.2) is 36.6 Å². The maximum Gasteiger partial charge on any atom is 0.0932 e. The minimum absolute atomic E-state index is 0.817. The van der Waals surface area contributed by atoms with Crippen LogP contribution >= 0.6 is 11.3 Å². The van der Waals surface area contributed by atoms with Gasteiger partial charge in [0.15, 0.2) is 0 Å². The lowest BCUT2D eigenvalue weighted by Crippen LogP contribution is -2.35. The van der Waals surface area contributed by atoms with E-state index < -0.39 is 0 Å². The highest BCUT2D eigenvalue weighted by molar-refractivity contribution is 7.09. The molecule has 1 fully saturated rings. The lowest BCUT2D eigenvalue weighted by atomic mass is 9.95. The molecule has 0 aliphatic carbocycles. The van der Waals surface area contributed by atoms with Crippen molar-refractivity contribution in [2.45, 2.75) is 32.7 Å². The van der Waals surface area contributed by atoms with Gasteiger partial charge in [-0.25, -0.2) is 4.98 Å². The molecule has 2 heterocycles. The van der Waals surface area contributed by atoms with E-state index >= 15 is 0 Å². The molecule has 0 amide bonds.